The van der Waals surface area contributed by atoms with E-state index in [2.05, 4.69) is 15.0 Å². The van der Waals surface area contributed by atoms with Crippen molar-refractivity contribution in [1.82, 2.24) is 10.3 Å². The van der Waals surface area contributed by atoms with E-state index >= 15 is 0 Å². The minimum atomic E-state index is -3.24. The van der Waals surface area contributed by atoms with E-state index in [1.54, 1.807) is 0 Å². The standard InChI is InChI=1S/C10H17N3O2S2/c1-11-5-2-6-17(14,15)13-10-12-9(7-16-10)8-3-4-8/h7-8,11H,2-6H2,1H3,(H,12,13). The van der Waals surface area contributed by atoms with Crippen LogP contribution >= 0.6 is 11.3 Å². The van der Waals surface area contributed by atoms with E-state index in [1.165, 1.54) is 24.2 Å². The van der Waals surface area contributed by atoms with Gasteiger partial charge in [-0.05, 0) is 32.9 Å². The lowest BCUT2D eigenvalue weighted by Gasteiger charge is -2.04. The third kappa shape index (κ3) is 3.93. The topological polar surface area (TPSA) is 71.1 Å². The molecular formula is C10H17N3O2S2. The first-order valence-corrected chi connectivity index (χ1v) is 8.24. The number of nitrogens with one attached hydrogen (secondary N) is 2. The molecule has 0 aromatic carbocycles. The number of rotatable bonds is 7. The first kappa shape index (κ1) is 12.8. The maximum absolute atomic E-state index is 11.7. The average Bonchev–Trinajstić information content (AvgIpc) is 3.01. The average molecular weight is 275 g/mol. The maximum Gasteiger partial charge on any atom is 0.234 e. The maximum atomic E-state index is 11.7. The first-order valence-electron chi connectivity index (χ1n) is 5.71. The van der Waals surface area contributed by atoms with E-state index in [9.17, 15) is 8.42 Å². The lowest BCUT2D eigenvalue weighted by atomic mass is 10.3. The molecular weight excluding hydrogens is 258 g/mol. The molecule has 2 N–H and O–H groups in total. The normalized spacial score (nSPS) is 16.1. The summed E-state index contributed by atoms with van der Waals surface area (Å²) in [5.74, 6) is 0.695. The van der Waals surface area contributed by atoms with Crippen molar-refractivity contribution in [3.63, 3.8) is 0 Å². The molecule has 1 fully saturated rings. The van der Waals surface area contributed by atoms with Crippen LogP contribution in [-0.4, -0.2) is 32.7 Å². The summed E-state index contributed by atoms with van der Waals surface area (Å²) in [5.41, 5.74) is 1.03. The Morgan fingerprint density at radius 1 is 1.53 bits per heavy atom. The molecule has 7 heteroatoms. The summed E-state index contributed by atoms with van der Waals surface area (Å²) in [6, 6.07) is 0. The van der Waals surface area contributed by atoms with Gasteiger partial charge in [-0.25, -0.2) is 13.4 Å². The second-order valence-electron chi connectivity index (χ2n) is 4.23. The van der Waals surface area contributed by atoms with Gasteiger partial charge in [-0.3, -0.25) is 4.72 Å². The second-order valence-corrected chi connectivity index (χ2v) is 6.93. The molecule has 1 aromatic heterocycles. The van der Waals surface area contributed by atoms with Crippen molar-refractivity contribution >= 4 is 26.5 Å². The number of aromatic nitrogens is 1. The zero-order valence-corrected chi connectivity index (χ0v) is 11.4. The molecule has 0 unspecified atom stereocenters. The largest absolute Gasteiger partial charge is 0.320 e. The van der Waals surface area contributed by atoms with Gasteiger partial charge in [-0.15, -0.1) is 11.3 Å². The molecule has 1 aliphatic rings. The van der Waals surface area contributed by atoms with Gasteiger partial charge in [0.25, 0.3) is 0 Å². The van der Waals surface area contributed by atoms with Gasteiger partial charge in [0.05, 0.1) is 11.4 Å². The van der Waals surface area contributed by atoms with E-state index in [0.29, 0.717) is 24.0 Å². The van der Waals surface area contributed by atoms with E-state index in [0.717, 1.165) is 5.69 Å². The van der Waals surface area contributed by atoms with Gasteiger partial charge in [0.15, 0.2) is 5.13 Å². The summed E-state index contributed by atoms with van der Waals surface area (Å²) in [5, 5.41) is 5.37. The fourth-order valence-corrected chi connectivity index (χ4v) is 3.67. The van der Waals surface area contributed by atoms with Crippen molar-refractivity contribution in [2.24, 2.45) is 0 Å². The Kier molecular flexibility index (Phi) is 4.01. The highest BCUT2D eigenvalue weighted by atomic mass is 32.2. The molecule has 0 amide bonds. The van der Waals surface area contributed by atoms with Crippen LogP contribution in [0.15, 0.2) is 5.38 Å². The Balaban J connectivity index is 1.89. The third-order valence-electron chi connectivity index (χ3n) is 2.60. The Bertz CT molecular complexity index is 466. The van der Waals surface area contributed by atoms with Crippen LogP contribution < -0.4 is 10.0 Å². The van der Waals surface area contributed by atoms with E-state index < -0.39 is 10.0 Å². The zero-order chi connectivity index (χ0) is 12.3. The van der Waals surface area contributed by atoms with Crippen LogP contribution in [0, 0.1) is 0 Å². The van der Waals surface area contributed by atoms with E-state index in [4.69, 9.17) is 0 Å². The molecule has 17 heavy (non-hydrogen) atoms. The summed E-state index contributed by atoms with van der Waals surface area (Å²) in [6.45, 7) is 0.700. The Morgan fingerprint density at radius 2 is 2.29 bits per heavy atom. The quantitative estimate of drug-likeness (QED) is 0.737. The third-order valence-corrected chi connectivity index (χ3v) is 4.84. The predicted molar refractivity (Wildman–Crippen MR) is 70.0 cm³/mol. The lowest BCUT2D eigenvalue weighted by molar-refractivity contribution is 0.597. The van der Waals surface area contributed by atoms with Crippen molar-refractivity contribution < 1.29 is 8.42 Å². The first-order chi connectivity index (χ1) is 8.11. The van der Waals surface area contributed by atoms with E-state index in [1.807, 2.05) is 12.4 Å². The van der Waals surface area contributed by atoms with Crippen molar-refractivity contribution in [3.8, 4) is 0 Å². The molecule has 1 saturated carbocycles. The highest BCUT2D eigenvalue weighted by Gasteiger charge is 2.26. The van der Waals surface area contributed by atoms with Gasteiger partial charge in [0, 0.05) is 11.3 Å². The Morgan fingerprint density at radius 3 is 2.94 bits per heavy atom. The SMILES string of the molecule is CNCCCS(=O)(=O)Nc1nc(C2CC2)cs1. The number of nitrogens with zero attached hydrogens (tertiary/aromatic N) is 1. The second kappa shape index (κ2) is 5.32. The molecule has 1 aliphatic carbocycles. The fraction of sp³-hybridized carbons (Fsp3) is 0.700. The van der Waals surface area contributed by atoms with Gasteiger partial charge in [0.2, 0.25) is 10.0 Å². The number of thiazole rings is 1. The summed E-state index contributed by atoms with van der Waals surface area (Å²) < 4.78 is 25.9. The molecule has 0 saturated heterocycles. The number of sulfonamides is 1. The molecule has 0 radical (unpaired) electrons. The van der Waals surface area contributed by atoms with Crippen molar-refractivity contribution in [2.45, 2.75) is 25.2 Å². The van der Waals surface area contributed by atoms with Gasteiger partial charge < -0.3 is 5.32 Å². The van der Waals surface area contributed by atoms with Crippen LogP contribution in [-0.2, 0) is 10.0 Å². The van der Waals surface area contributed by atoms with Gasteiger partial charge in [-0.2, -0.15) is 0 Å². The van der Waals surface area contributed by atoms with Crippen LogP contribution in [0.4, 0.5) is 5.13 Å². The number of hydrogen-bond donors (Lipinski definition) is 2. The minimum absolute atomic E-state index is 0.131. The number of anilines is 1. The predicted octanol–water partition coefficient (Wildman–Crippen LogP) is 1.37. The Labute approximate surface area is 106 Å². The summed E-state index contributed by atoms with van der Waals surface area (Å²) >= 11 is 1.37. The van der Waals surface area contributed by atoms with Crippen LogP contribution in [0.1, 0.15) is 30.9 Å². The molecule has 2 rings (SSSR count). The highest BCUT2D eigenvalue weighted by Crippen LogP contribution is 2.40. The van der Waals surface area contributed by atoms with Gasteiger partial charge >= 0.3 is 0 Å². The summed E-state index contributed by atoms with van der Waals surface area (Å²) in [7, 11) is -1.43. The summed E-state index contributed by atoms with van der Waals surface area (Å²) in [4.78, 5) is 4.30. The van der Waals surface area contributed by atoms with Gasteiger partial charge in [0.1, 0.15) is 0 Å². The monoisotopic (exact) mass is 275 g/mol. The lowest BCUT2D eigenvalue weighted by Crippen LogP contribution is -2.20. The smallest absolute Gasteiger partial charge is 0.234 e. The number of hydrogen-bond acceptors (Lipinski definition) is 5. The summed E-state index contributed by atoms with van der Waals surface area (Å²) in [6.07, 6.45) is 2.96. The minimum Gasteiger partial charge on any atom is -0.320 e. The van der Waals surface area contributed by atoms with E-state index in [-0.39, 0.29) is 5.75 Å². The molecule has 5 nitrogen and oxygen atoms in total. The van der Waals surface area contributed by atoms with Crippen LogP contribution in [0.5, 0.6) is 0 Å². The molecule has 0 aliphatic heterocycles. The zero-order valence-electron chi connectivity index (χ0n) is 9.77. The van der Waals surface area contributed by atoms with Gasteiger partial charge in [-0.1, -0.05) is 0 Å². The van der Waals surface area contributed by atoms with Crippen molar-refractivity contribution in [3.05, 3.63) is 11.1 Å². The van der Waals surface area contributed by atoms with Crippen LogP contribution in [0.2, 0.25) is 0 Å². The van der Waals surface area contributed by atoms with Crippen molar-refractivity contribution in [2.75, 3.05) is 24.1 Å². The Hall–Kier alpha value is -0.660. The molecule has 0 spiro atoms. The molecule has 0 bridgehead atoms. The van der Waals surface area contributed by atoms with Crippen molar-refractivity contribution in [1.29, 1.82) is 0 Å². The molecule has 0 atom stereocenters. The molecule has 1 heterocycles. The molecule has 96 valence electrons. The highest BCUT2D eigenvalue weighted by molar-refractivity contribution is 7.92. The fourth-order valence-electron chi connectivity index (χ4n) is 1.52. The van der Waals surface area contributed by atoms with Crippen LogP contribution in [0.25, 0.3) is 0 Å². The van der Waals surface area contributed by atoms with Crippen LogP contribution in [0.3, 0.4) is 0 Å². The molecule has 1 aromatic rings.